The van der Waals surface area contributed by atoms with Crippen molar-refractivity contribution in [1.82, 2.24) is 9.13 Å². The second-order valence-corrected chi connectivity index (χ2v) is 5.89. The molecule has 1 aliphatic heterocycles. The molecule has 1 aromatic heterocycles. The number of benzene rings is 1. The van der Waals surface area contributed by atoms with Crippen molar-refractivity contribution in [3.05, 3.63) is 66.9 Å². The van der Waals surface area contributed by atoms with Gasteiger partial charge in [0.05, 0.1) is 12.6 Å². The smallest absolute Gasteiger partial charge is 0.331 e. The van der Waals surface area contributed by atoms with Crippen LogP contribution in [0, 0.1) is 11.3 Å². The van der Waals surface area contributed by atoms with Gasteiger partial charge in [0, 0.05) is 17.3 Å². The lowest BCUT2D eigenvalue weighted by molar-refractivity contribution is 0.152. The molecule has 0 radical (unpaired) electrons. The van der Waals surface area contributed by atoms with Gasteiger partial charge in [0.15, 0.2) is 0 Å². The molecular weight excluding hydrogens is 318 g/mol. The molecule has 0 amide bonds. The summed E-state index contributed by atoms with van der Waals surface area (Å²) in [6.07, 6.45) is 0.241. The summed E-state index contributed by atoms with van der Waals surface area (Å²) in [5.74, 6) is 0. The van der Waals surface area contributed by atoms with E-state index in [-0.39, 0.29) is 12.1 Å². The number of nitriles is 1. The molecule has 6 nitrogen and oxygen atoms in total. The standard InChI is InChI=1S/C16H14ClN3O3/c17-11-5-3-10(4-6-11)14(21)9-20-15(22)12(8-18)13-2-1-7-19(13)16(20)23/h3-6,14,21H,1-2,7,9H2/t14-/m1/s1. The van der Waals surface area contributed by atoms with Gasteiger partial charge in [-0.25, -0.2) is 4.79 Å². The molecule has 2 aromatic rings. The lowest BCUT2D eigenvalue weighted by Gasteiger charge is -2.15. The predicted molar refractivity (Wildman–Crippen MR) is 84.4 cm³/mol. The van der Waals surface area contributed by atoms with Gasteiger partial charge in [0.2, 0.25) is 0 Å². The summed E-state index contributed by atoms with van der Waals surface area (Å²) >= 11 is 5.80. The number of rotatable bonds is 3. The van der Waals surface area contributed by atoms with Gasteiger partial charge in [-0.05, 0) is 30.5 Å². The normalized spacial score (nSPS) is 14.3. The number of fused-ring (bicyclic) bond motifs is 1. The SMILES string of the molecule is N#Cc1c2n(c(=O)n(C[C@@H](O)c3ccc(Cl)cc3)c1=O)CCC2. The van der Waals surface area contributed by atoms with Gasteiger partial charge in [0.25, 0.3) is 5.56 Å². The number of aliphatic hydroxyl groups is 1. The van der Waals surface area contributed by atoms with Crippen molar-refractivity contribution >= 4 is 11.6 Å². The third kappa shape index (κ3) is 2.69. The highest BCUT2D eigenvalue weighted by molar-refractivity contribution is 6.30. The lowest BCUT2D eigenvalue weighted by Crippen LogP contribution is -2.42. The fourth-order valence-electron chi connectivity index (χ4n) is 2.87. The summed E-state index contributed by atoms with van der Waals surface area (Å²) in [7, 11) is 0. The van der Waals surface area contributed by atoms with Crippen LogP contribution in [0.3, 0.4) is 0 Å². The molecule has 118 valence electrons. The van der Waals surface area contributed by atoms with Gasteiger partial charge in [-0.3, -0.25) is 13.9 Å². The first-order valence-electron chi connectivity index (χ1n) is 7.23. The van der Waals surface area contributed by atoms with Crippen LogP contribution in [0.1, 0.15) is 29.3 Å². The van der Waals surface area contributed by atoms with Crippen LogP contribution in [0.4, 0.5) is 0 Å². The number of halogens is 1. The first-order chi connectivity index (χ1) is 11.0. The van der Waals surface area contributed by atoms with E-state index in [2.05, 4.69) is 0 Å². The van der Waals surface area contributed by atoms with Crippen molar-refractivity contribution in [2.24, 2.45) is 0 Å². The van der Waals surface area contributed by atoms with Crippen LogP contribution in [0.25, 0.3) is 0 Å². The fraction of sp³-hybridized carbons (Fsp3) is 0.312. The van der Waals surface area contributed by atoms with Crippen LogP contribution in [0.15, 0.2) is 33.9 Å². The van der Waals surface area contributed by atoms with Gasteiger partial charge in [-0.2, -0.15) is 5.26 Å². The Morgan fingerprint density at radius 2 is 2.00 bits per heavy atom. The Hall–Kier alpha value is -2.36. The highest BCUT2D eigenvalue weighted by Crippen LogP contribution is 2.18. The molecule has 1 atom stereocenters. The molecule has 0 saturated heterocycles. The number of nitrogens with zero attached hydrogens (tertiary/aromatic N) is 3. The molecular formula is C16H14ClN3O3. The second-order valence-electron chi connectivity index (χ2n) is 5.45. The maximum absolute atomic E-state index is 12.5. The average Bonchev–Trinajstić information content (AvgIpc) is 3.02. The Morgan fingerprint density at radius 3 is 2.65 bits per heavy atom. The van der Waals surface area contributed by atoms with E-state index in [0.717, 1.165) is 11.0 Å². The van der Waals surface area contributed by atoms with E-state index in [0.29, 0.717) is 29.2 Å². The Balaban J connectivity index is 2.04. The number of aliphatic hydroxyl groups excluding tert-OH is 1. The Bertz CT molecular complexity index is 906. The Kier molecular flexibility index (Phi) is 4.07. The van der Waals surface area contributed by atoms with E-state index in [4.69, 9.17) is 11.6 Å². The van der Waals surface area contributed by atoms with E-state index in [9.17, 15) is 20.0 Å². The first kappa shape index (κ1) is 15.5. The van der Waals surface area contributed by atoms with Gasteiger partial charge >= 0.3 is 5.69 Å². The number of hydrogen-bond donors (Lipinski definition) is 1. The summed E-state index contributed by atoms with van der Waals surface area (Å²) in [6.45, 7) is 0.286. The topological polar surface area (TPSA) is 88.0 Å². The van der Waals surface area contributed by atoms with Crippen molar-refractivity contribution in [2.45, 2.75) is 32.0 Å². The second kappa shape index (κ2) is 6.03. The molecule has 2 heterocycles. The summed E-state index contributed by atoms with van der Waals surface area (Å²) in [5.41, 5.74) is -0.0805. The molecule has 0 spiro atoms. The van der Waals surface area contributed by atoms with Crippen molar-refractivity contribution in [3.63, 3.8) is 0 Å². The molecule has 1 aliphatic rings. The van der Waals surface area contributed by atoms with E-state index >= 15 is 0 Å². The maximum Gasteiger partial charge on any atom is 0.331 e. The monoisotopic (exact) mass is 331 g/mol. The summed E-state index contributed by atoms with van der Waals surface area (Å²) in [4.78, 5) is 24.9. The highest BCUT2D eigenvalue weighted by atomic mass is 35.5. The molecule has 23 heavy (non-hydrogen) atoms. The van der Waals surface area contributed by atoms with E-state index in [1.807, 2.05) is 6.07 Å². The van der Waals surface area contributed by atoms with Crippen molar-refractivity contribution in [1.29, 1.82) is 5.26 Å². The van der Waals surface area contributed by atoms with Crippen molar-refractivity contribution in [2.75, 3.05) is 0 Å². The van der Waals surface area contributed by atoms with Crippen LogP contribution in [-0.2, 0) is 19.5 Å². The van der Waals surface area contributed by atoms with E-state index in [1.54, 1.807) is 24.3 Å². The van der Waals surface area contributed by atoms with Gasteiger partial charge in [0.1, 0.15) is 11.6 Å². The van der Waals surface area contributed by atoms with Gasteiger partial charge in [-0.15, -0.1) is 0 Å². The minimum absolute atomic E-state index is 0.00888. The predicted octanol–water partition coefficient (Wildman–Crippen LogP) is 1.21. The van der Waals surface area contributed by atoms with Crippen LogP contribution in [0.5, 0.6) is 0 Å². The minimum Gasteiger partial charge on any atom is -0.387 e. The van der Waals surface area contributed by atoms with Crippen LogP contribution in [-0.4, -0.2) is 14.2 Å². The van der Waals surface area contributed by atoms with Crippen molar-refractivity contribution in [3.8, 4) is 6.07 Å². The first-order valence-corrected chi connectivity index (χ1v) is 7.61. The molecule has 0 aliphatic carbocycles. The third-order valence-electron chi connectivity index (χ3n) is 4.05. The number of hydrogen-bond acceptors (Lipinski definition) is 4. The summed E-state index contributed by atoms with van der Waals surface area (Å²) in [6, 6.07) is 8.41. The van der Waals surface area contributed by atoms with Crippen LogP contribution in [0.2, 0.25) is 5.02 Å². The highest BCUT2D eigenvalue weighted by Gasteiger charge is 2.23. The van der Waals surface area contributed by atoms with Crippen molar-refractivity contribution < 1.29 is 5.11 Å². The molecule has 0 bridgehead atoms. The fourth-order valence-corrected chi connectivity index (χ4v) is 3.00. The van der Waals surface area contributed by atoms with E-state index < -0.39 is 17.4 Å². The zero-order valence-electron chi connectivity index (χ0n) is 12.2. The van der Waals surface area contributed by atoms with Crippen LogP contribution >= 0.6 is 11.6 Å². The largest absolute Gasteiger partial charge is 0.387 e. The molecule has 0 saturated carbocycles. The lowest BCUT2D eigenvalue weighted by atomic mass is 10.1. The number of aromatic nitrogens is 2. The Labute approximate surface area is 136 Å². The van der Waals surface area contributed by atoms with Crippen LogP contribution < -0.4 is 11.2 Å². The zero-order valence-corrected chi connectivity index (χ0v) is 13.0. The van der Waals surface area contributed by atoms with E-state index in [1.165, 1.54) is 4.57 Å². The molecule has 1 N–H and O–H groups in total. The Morgan fingerprint density at radius 1 is 1.30 bits per heavy atom. The maximum atomic E-state index is 12.5. The quantitative estimate of drug-likeness (QED) is 0.915. The van der Waals surface area contributed by atoms with Gasteiger partial charge < -0.3 is 5.11 Å². The molecule has 0 fully saturated rings. The van der Waals surface area contributed by atoms with Gasteiger partial charge in [-0.1, -0.05) is 23.7 Å². The third-order valence-corrected chi connectivity index (χ3v) is 4.30. The molecule has 0 unspecified atom stereocenters. The summed E-state index contributed by atoms with van der Waals surface area (Å²) in [5, 5.41) is 20.0. The average molecular weight is 332 g/mol. The summed E-state index contributed by atoms with van der Waals surface area (Å²) < 4.78 is 2.39. The molecule has 3 rings (SSSR count). The molecule has 1 aromatic carbocycles. The molecule has 7 heteroatoms. The minimum atomic E-state index is -1.04. The zero-order chi connectivity index (χ0) is 16.6.